The van der Waals surface area contributed by atoms with E-state index in [4.69, 9.17) is 9.47 Å². The van der Waals surface area contributed by atoms with E-state index in [1.54, 1.807) is 16.9 Å². The van der Waals surface area contributed by atoms with Crippen molar-refractivity contribution in [2.24, 2.45) is 0 Å². The molecule has 0 saturated carbocycles. The fraction of sp³-hybridized carbons (Fsp3) is 0.481. The maximum Gasteiger partial charge on any atom is 0.409 e. The van der Waals surface area contributed by atoms with Gasteiger partial charge in [-0.3, -0.25) is 0 Å². The molecule has 4 rings (SSSR count). The number of nitrogens with one attached hydrogen (secondary N) is 1. The Hall–Kier alpha value is -3.46. The van der Waals surface area contributed by atoms with E-state index in [-0.39, 0.29) is 12.1 Å². The highest BCUT2D eigenvalue weighted by Crippen LogP contribution is 2.32. The molecule has 2 heterocycles. The van der Waals surface area contributed by atoms with Crippen LogP contribution in [0.4, 0.5) is 21.0 Å². The maximum atomic E-state index is 12.9. The lowest BCUT2D eigenvalue weighted by Gasteiger charge is -2.35. The molecule has 1 N–H and O–H groups in total. The zero-order valence-electron chi connectivity index (χ0n) is 21.3. The number of methoxy groups -OCH3 is 1. The molecule has 9 heteroatoms. The first kappa shape index (κ1) is 25.6. The minimum absolute atomic E-state index is 0.166. The topological polar surface area (TPSA) is 77.6 Å². The van der Waals surface area contributed by atoms with Crippen LogP contribution in [0.3, 0.4) is 0 Å². The number of amides is 3. The molecule has 0 radical (unpaired) electrons. The highest BCUT2D eigenvalue weighted by atomic mass is 16.6. The molecule has 2 fully saturated rings. The van der Waals surface area contributed by atoms with Crippen LogP contribution in [-0.4, -0.2) is 99.9 Å². The first-order valence-corrected chi connectivity index (χ1v) is 12.7. The van der Waals surface area contributed by atoms with E-state index in [1.807, 2.05) is 36.4 Å². The van der Waals surface area contributed by atoms with Crippen LogP contribution in [0, 0.1) is 0 Å². The minimum atomic E-state index is -0.310. The smallest absolute Gasteiger partial charge is 0.409 e. The van der Waals surface area contributed by atoms with Crippen LogP contribution in [0.25, 0.3) is 0 Å². The lowest BCUT2D eigenvalue weighted by atomic mass is 10.1. The number of aryl methyl sites for hydroxylation is 1. The SMILES string of the molecule is COc1ccc(NC(=O)N2CCN(C(=O)OCCCc3ccccc3)CC2)cc1N1CCN(C)CC1. The fourth-order valence-corrected chi connectivity index (χ4v) is 4.53. The number of nitrogens with zero attached hydrogens (tertiary/aromatic N) is 4. The van der Waals surface area contributed by atoms with Crippen molar-refractivity contribution in [1.82, 2.24) is 14.7 Å². The van der Waals surface area contributed by atoms with Crippen LogP contribution in [0.2, 0.25) is 0 Å². The molecule has 36 heavy (non-hydrogen) atoms. The monoisotopic (exact) mass is 495 g/mol. The summed E-state index contributed by atoms with van der Waals surface area (Å²) < 4.78 is 11.0. The summed E-state index contributed by atoms with van der Waals surface area (Å²) in [5.41, 5.74) is 2.96. The molecular formula is C27H37N5O4. The number of piperazine rings is 2. The Morgan fingerprint density at radius 3 is 2.28 bits per heavy atom. The number of likely N-dealkylation sites (N-methyl/N-ethyl adjacent to an activating group) is 1. The van der Waals surface area contributed by atoms with E-state index in [2.05, 4.69) is 34.3 Å². The molecule has 0 bridgehead atoms. The van der Waals surface area contributed by atoms with Gasteiger partial charge in [-0.2, -0.15) is 0 Å². The van der Waals surface area contributed by atoms with E-state index in [1.165, 1.54) is 5.56 Å². The molecule has 2 aliphatic rings. The molecule has 2 aliphatic heterocycles. The van der Waals surface area contributed by atoms with Crippen LogP contribution in [0.5, 0.6) is 5.75 Å². The normalized spacial score (nSPS) is 16.6. The number of hydrogen-bond acceptors (Lipinski definition) is 6. The van der Waals surface area contributed by atoms with Crippen molar-refractivity contribution in [3.63, 3.8) is 0 Å². The van der Waals surface area contributed by atoms with E-state index in [9.17, 15) is 9.59 Å². The molecule has 0 spiro atoms. The number of rotatable bonds is 7. The number of hydrogen-bond donors (Lipinski definition) is 1. The maximum absolute atomic E-state index is 12.9. The molecule has 9 nitrogen and oxygen atoms in total. The highest BCUT2D eigenvalue weighted by Gasteiger charge is 2.25. The van der Waals surface area contributed by atoms with Crippen LogP contribution >= 0.6 is 0 Å². The number of benzene rings is 2. The summed E-state index contributed by atoms with van der Waals surface area (Å²) in [5, 5.41) is 3.01. The van der Waals surface area contributed by atoms with Gasteiger partial charge >= 0.3 is 12.1 Å². The number of carbonyl (C=O) groups excluding carboxylic acids is 2. The minimum Gasteiger partial charge on any atom is -0.495 e. The van der Waals surface area contributed by atoms with Gasteiger partial charge in [-0.25, -0.2) is 9.59 Å². The molecule has 0 unspecified atom stereocenters. The van der Waals surface area contributed by atoms with Gasteiger partial charge in [-0.1, -0.05) is 30.3 Å². The van der Waals surface area contributed by atoms with Gasteiger partial charge in [0, 0.05) is 58.0 Å². The molecule has 0 aliphatic carbocycles. The van der Waals surface area contributed by atoms with Gasteiger partial charge in [0.15, 0.2) is 0 Å². The van der Waals surface area contributed by atoms with Crippen LogP contribution < -0.4 is 15.0 Å². The van der Waals surface area contributed by atoms with Gasteiger partial charge in [0.2, 0.25) is 0 Å². The summed E-state index contributed by atoms with van der Waals surface area (Å²) in [5.74, 6) is 0.799. The average Bonchev–Trinajstić information content (AvgIpc) is 2.92. The Bertz CT molecular complexity index is 1000. The van der Waals surface area contributed by atoms with Gasteiger partial charge < -0.3 is 34.4 Å². The molecule has 0 atom stereocenters. The standard InChI is InChI=1S/C27H37N5O4/c1-29-12-14-30(15-13-29)24-21-23(10-11-25(24)35-2)28-26(33)31-16-18-32(19-17-31)27(34)36-20-6-9-22-7-4-3-5-8-22/h3-5,7-8,10-11,21H,6,9,12-20H2,1-2H3,(H,28,33). The van der Waals surface area contributed by atoms with Gasteiger partial charge in [0.05, 0.1) is 19.4 Å². The number of anilines is 2. The third-order valence-corrected chi connectivity index (χ3v) is 6.78. The predicted octanol–water partition coefficient (Wildman–Crippen LogP) is 3.37. The van der Waals surface area contributed by atoms with Crippen molar-refractivity contribution in [3.05, 3.63) is 54.1 Å². The van der Waals surface area contributed by atoms with Crippen molar-refractivity contribution in [3.8, 4) is 5.75 Å². The molecule has 2 aromatic rings. The average molecular weight is 496 g/mol. The molecule has 3 amide bonds. The lowest BCUT2D eigenvalue weighted by molar-refractivity contribution is 0.0824. The van der Waals surface area contributed by atoms with Gasteiger partial charge in [0.25, 0.3) is 0 Å². The first-order valence-electron chi connectivity index (χ1n) is 12.7. The van der Waals surface area contributed by atoms with Crippen LogP contribution in [0.15, 0.2) is 48.5 Å². The zero-order chi connectivity index (χ0) is 25.3. The molecule has 2 aromatic carbocycles. The van der Waals surface area contributed by atoms with Crippen molar-refractivity contribution in [1.29, 1.82) is 0 Å². The molecule has 194 valence electrons. The quantitative estimate of drug-likeness (QED) is 0.594. The van der Waals surface area contributed by atoms with Gasteiger partial charge in [-0.05, 0) is 43.7 Å². The Morgan fingerprint density at radius 1 is 0.889 bits per heavy atom. The summed E-state index contributed by atoms with van der Waals surface area (Å²) in [6.45, 7) is 6.03. The van der Waals surface area contributed by atoms with E-state index in [0.717, 1.165) is 56.1 Å². The van der Waals surface area contributed by atoms with E-state index < -0.39 is 0 Å². The van der Waals surface area contributed by atoms with Crippen LogP contribution in [-0.2, 0) is 11.2 Å². The number of ether oxygens (including phenoxy) is 2. The first-order chi connectivity index (χ1) is 17.5. The number of carbonyl (C=O) groups is 2. The summed E-state index contributed by atoms with van der Waals surface area (Å²) in [4.78, 5) is 33.3. The zero-order valence-corrected chi connectivity index (χ0v) is 21.3. The van der Waals surface area contributed by atoms with Crippen LogP contribution in [0.1, 0.15) is 12.0 Å². The van der Waals surface area contributed by atoms with Crippen molar-refractivity contribution < 1.29 is 19.1 Å². The second-order valence-corrected chi connectivity index (χ2v) is 9.28. The molecule has 0 aromatic heterocycles. The van der Waals surface area contributed by atoms with Gasteiger partial charge in [0.1, 0.15) is 5.75 Å². The van der Waals surface area contributed by atoms with Crippen molar-refractivity contribution >= 4 is 23.5 Å². The second-order valence-electron chi connectivity index (χ2n) is 9.28. The summed E-state index contributed by atoms with van der Waals surface area (Å²) in [7, 11) is 3.79. The van der Waals surface area contributed by atoms with Crippen molar-refractivity contribution in [2.45, 2.75) is 12.8 Å². The third kappa shape index (κ3) is 6.81. The second kappa shape index (κ2) is 12.5. The highest BCUT2D eigenvalue weighted by molar-refractivity contribution is 5.90. The molecule has 2 saturated heterocycles. The van der Waals surface area contributed by atoms with Gasteiger partial charge in [-0.15, -0.1) is 0 Å². The summed E-state index contributed by atoms with van der Waals surface area (Å²) in [6, 6.07) is 15.7. The largest absolute Gasteiger partial charge is 0.495 e. The Labute approximate surface area is 213 Å². The Balaban J connectivity index is 1.22. The Morgan fingerprint density at radius 2 is 1.58 bits per heavy atom. The predicted molar refractivity (Wildman–Crippen MR) is 141 cm³/mol. The number of urea groups is 1. The lowest BCUT2D eigenvalue weighted by Crippen LogP contribution is -2.51. The van der Waals surface area contributed by atoms with E-state index >= 15 is 0 Å². The fourth-order valence-electron chi connectivity index (χ4n) is 4.53. The third-order valence-electron chi connectivity index (χ3n) is 6.78. The summed E-state index contributed by atoms with van der Waals surface area (Å²) >= 11 is 0. The van der Waals surface area contributed by atoms with Crippen molar-refractivity contribution in [2.75, 3.05) is 83.3 Å². The van der Waals surface area contributed by atoms with E-state index in [0.29, 0.717) is 32.8 Å². The molecular weight excluding hydrogens is 458 g/mol. The Kier molecular flexibility index (Phi) is 8.89. The summed E-state index contributed by atoms with van der Waals surface area (Å²) in [6.07, 6.45) is 1.36.